The fourth-order valence-electron chi connectivity index (χ4n) is 4.26. The van der Waals surface area contributed by atoms with Crippen molar-refractivity contribution in [2.45, 2.75) is 33.6 Å². The summed E-state index contributed by atoms with van der Waals surface area (Å²) in [7, 11) is 0. The molecule has 2 amide bonds. The molecule has 1 saturated heterocycles. The van der Waals surface area contributed by atoms with Gasteiger partial charge >= 0.3 is 0 Å². The molecule has 0 aliphatic carbocycles. The van der Waals surface area contributed by atoms with Crippen LogP contribution in [0, 0.1) is 12.8 Å². The van der Waals surface area contributed by atoms with Crippen LogP contribution in [0.2, 0.25) is 0 Å². The number of aryl methyl sites for hydroxylation is 1. The quantitative estimate of drug-likeness (QED) is 0.539. The number of piperidine rings is 1. The lowest BCUT2D eigenvalue weighted by molar-refractivity contribution is -0.120. The molecular formula is C26H29N5O3. The van der Waals surface area contributed by atoms with Gasteiger partial charge < -0.3 is 15.5 Å². The second-order valence-electron chi connectivity index (χ2n) is 8.60. The normalized spacial score (nSPS) is 14.0. The van der Waals surface area contributed by atoms with Crippen molar-refractivity contribution in [3.63, 3.8) is 0 Å². The van der Waals surface area contributed by atoms with E-state index in [4.69, 9.17) is 5.10 Å². The van der Waals surface area contributed by atoms with Crippen molar-refractivity contribution in [3.05, 3.63) is 65.9 Å². The first-order valence-corrected chi connectivity index (χ1v) is 11.4. The van der Waals surface area contributed by atoms with Gasteiger partial charge in [-0.15, -0.1) is 0 Å². The van der Waals surface area contributed by atoms with Gasteiger partial charge in [0.05, 0.1) is 11.4 Å². The van der Waals surface area contributed by atoms with Crippen LogP contribution in [0.5, 0.6) is 0 Å². The van der Waals surface area contributed by atoms with E-state index in [9.17, 15) is 14.4 Å². The zero-order chi connectivity index (χ0) is 24.2. The fourth-order valence-corrected chi connectivity index (χ4v) is 4.26. The highest BCUT2D eigenvalue weighted by Gasteiger charge is 2.30. The van der Waals surface area contributed by atoms with Crippen LogP contribution < -0.4 is 15.5 Å². The number of rotatable bonds is 6. The molecule has 1 fully saturated rings. The van der Waals surface area contributed by atoms with Crippen LogP contribution in [-0.2, 0) is 9.59 Å². The Morgan fingerprint density at radius 2 is 1.56 bits per heavy atom. The Morgan fingerprint density at radius 1 is 0.912 bits per heavy atom. The van der Waals surface area contributed by atoms with Gasteiger partial charge in [0, 0.05) is 37.2 Å². The van der Waals surface area contributed by atoms with Gasteiger partial charge in [0.25, 0.3) is 0 Å². The Balaban J connectivity index is 1.49. The molecule has 2 heterocycles. The predicted octanol–water partition coefficient (Wildman–Crippen LogP) is 4.20. The third kappa shape index (κ3) is 5.01. The van der Waals surface area contributed by atoms with Crippen LogP contribution in [0.25, 0.3) is 5.69 Å². The monoisotopic (exact) mass is 459 g/mol. The molecule has 176 valence electrons. The van der Waals surface area contributed by atoms with E-state index in [1.54, 1.807) is 24.3 Å². The van der Waals surface area contributed by atoms with Crippen molar-refractivity contribution in [1.82, 2.24) is 9.78 Å². The highest BCUT2D eigenvalue weighted by atomic mass is 16.2. The number of benzene rings is 2. The van der Waals surface area contributed by atoms with E-state index in [0.29, 0.717) is 42.9 Å². The van der Waals surface area contributed by atoms with Crippen molar-refractivity contribution in [2.75, 3.05) is 28.6 Å². The number of Topliss-reactive ketones (excluding diaryl/α,β-unsaturated/α-hetero) is 1. The van der Waals surface area contributed by atoms with Crippen molar-refractivity contribution >= 4 is 34.8 Å². The average Bonchev–Trinajstić information content (AvgIpc) is 3.15. The van der Waals surface area contributed by atoms with E-state index in [2.05, 4.69) is 15.5 Å². The Morgan fingerprint density at radius 3 is 2.15 bits per heavy atom. The second kappa shape index (κ2) is 9.91. The molecular weight excluding hydrogens is 430 g/mol. The third-order valence-electron chi connectivity index (χ3n) is 6.06. The molecule has 0 unspecified atom stereocenters. The number of ketones is 1. The van der Waals surface area contributed by atoms with E-state index in [1.807, 2.05) is 41.9 Å². The van der Waals surface area contributed by atoms with Gasteiger partial charge in [0.2, 0.25) is 11.8 Å². The Kier molecular flexibility index (Phi) is 6.77. The highest BCUT2D eigenvalue weighted by molar-refractivity contribution is 5.96. The molecule has 8 heteroatoms. The highest BCUT2D eigenvalue weighted by Crippen LogP contribution is 2.35. The van der Waals surface area contributed by atoms with Crippen molar-refractivity contribution in [1.29, 1.82) is 0 Å². The predicted molar refractivity (Wildman–Crippen MR) is 133 cm³/mol. The molecule has 0 saturated carbocycles. The van der Waals surface area contributed by atoms with Crippen LogP contribution in [-0.4, -0.2) is 40.5 Å². The number of aromatic nitrogens is 2. The Labute approximate surface area is 199 Å². The number of nitrogens with one attached hydrogen (secondary N) is 2. The van der Waals surface area contributed by atoms with E-state index >= 15 is 0 Å². The zero-order valence-electron chi connectivity index (χ0n) is 19.7. The van der Waals surface area contributed by atoms with Crippen molar-refractivity contribution in [2.24, 2.45) is 5.92 Å². The minimum atomic E-state index is -0.151. The number of carbonyl (C=O) groups is 3. The van der Waals surface area contributed by atoms with Crippen LogP contribution in [0.1, 0.15) is 42.7 Å². The van der Waals surface area contributed by atoms with Gasteiger partial charge in [-0.2, -0.15) is 5.10 Å². The van der Waals surface area contributed by atoms with Crippen LogP contribution >= 0.6 is 0 Å². The summed E-state index contributed by atoms with van der Waals surface area (Å²) in [4.78, 5) is 38.4. The number of anilines is 3. The molecule has 8 nitrogen and oxygen atoms in total. The summed E-state index contributed by atoms with van der Waals surface area (Å²) in [5.74, 6) is 0.528. The molecule has 0 radical (unpaired) electrons. The molecule has 0 bridgehead atoms. The summed E-state index contributed by atoms with van der Waals surface area (Å²) in [6, 6.07) is 16.8. The topological polar surface area (TPSA) is 96.3 Å². The molecule has 1 aliphatic rings. The Bertz CT molecular complexity index is 1190. The molecule has 3 aromatic rings. The first-order valence-electron chi connectivity index (χ1n) is 11.4. The van der Waals surface area contributed by atoms with Gasteiger partial charge in [0.1, 0.15) is 5.69 Å². The fraction of sp³-hybridized carbons (Fsp3) is 0.308. The van der Waals surface area contributed by atoms with E-state index in [-0.39, 0.29) is 23.5 Å². The first-order chi connectivity index (χ1) is 16.3. The van der Waals surface area contributed by atoms with Gasteiger partial charge in [0.15, 0.2) is 11.6 Å². The maximum atomic E-state index is 12.9. The standard InChI is InChI=1S/C26H29N5O3/c1-17-24(27-19(3)33)26(31(29-17)23-7-5-4-6-8-23)30-15-13-21(14-16-30)25(34)28-22-11-9-20(10-12-22)18(2)32/h4-12,21H,13-16H2,1-3H3,(H,27,33)(H,28,34). The van der Waals surface area contributed by atoms with Gasteiger partial charge in [-0.05, 0) is 63.1 Å². The SMILES string of the molecule is CC(=O)Nc1c(C)nn(-c2ccccc2)c1N1CCC(C(=O)Nc2ccc(C(C)=O)cc2)CC1. The lowest BCUT2D eigenvalue weighted by atomic mass is 9.95. The largest absolute Gasteiger partial charge is 0.355 e. The van der Waals surface area contributed by atoms with E-state index < -0.39 is 0 Å². The van der Waals surface area contributed by atoms with Crippen molar-refractivity contribution in [3.8, 4) is 5.69 Å². The summed E-state index contributed by atoms with van der Waals surface area (Å²) >= 11 is 0. The molecule has 1 aliphatic heterocycles. The number of hydrogen-bond donors (Lipinski definition) is 2. The lowest BCUT2D eigenvalue weighted by Crippen LogP contribution is -2.39. The van der Waals surface area contributed by atoms with Crippen LogP contribution in [0.4, 0.5) is 17.2 Å². The molecule has 4 rings (SSSR count). The minimum Gasteiger partial charge on any atom is -0.355 e. The summed E-state index contributed by atoms with van der Waals surface area (Å²) in [6.45, 7) is 6.20. The summed E-state index contributed by atoms with van der Waals surface area (Å²) < 4.78 is 1.86. The zero-order valence-corrected chi connectivity index (χ0v) is 19.7. The summed E-state index contributed by atoms with van der Waals surface area (Å²) in [5, 5.41) is 10.6. The molecule has 0 atom stereocenters. The third-order valence-corrected chi connectivity index (χ3v) is 6.06. The number of nitrogens with zero attached hydrogens (tertiary/aromatic N) is 3. The molecule has 34 heavy (non-hydrogen) atoms. The molecule has 0 spiro atoms. The van der Waals surface area contributed by atoms with Gasteiger partial charge in [-0.1, -0.05) is 18.2 Å². The van der Waals surface area contributed by atoms with Crippen LogP contribution in [0.15, 0.2) is 54.6 Å². The number of carbonyl (C=O) groups excluding carboxylic acids is 3. The van der Waals surface area contributed by atoms with E-state index in [1.165, 1.54) is 13.8 Å². The maximum absolute atomic E-state index is 12.9. The summed E-state index contributed by atoms with van der Waals surface area (Å²) in [6.07, 6.45) is 1.35. The molecule has 2 N–H and O–H groups in total. The second-order valence-corrected chi connectivity index (χ2v) is 8.60. The first kappa shape index (κ1) is 23.2. The average molecular weight is 460 g/mol. The van der Waals surface area contributed by atoms with E-state index in [0.717, 1.165) is 17.2 Å². The van der Waals surface area contributed by atoms with Gasteiger partial charge in [-0.25, -0.2) is 4.68 Å². The van der Waals surface area contributed by atoms with Crippen LogP contribution in [0.3, 0.4) is 0 Å². The number of para-hydroxylation sites is 1. The lowest BCUT2D eigenvalue weighted by Gasteiger charge is -2.33. The molecule has 2 aromatic carbocycles. The molecule has 1 aromatic heterocycles. The number of hydrogen-bond acceptors (Lipinski definition) is 5. The maximum Gasteiger partial charge on any atom is 0.227 e. The van der Waals surface area contributed by atoms with Gasteiger partial charge in [-0.3, -0.25) is 14.4 Å². The summed E-state index contributed by atoms with van der Waals surface area (Å²) in [5.41, 5.74) is 3.65. The Hall–Kier alpha value is -3.94. The smallest absolute Gasteiger partial charge is 0.227 e. The van der Waals surface area contributed by atoms with Crippen molar-refractivity contribution < 1.29 is 14.4 Å². The number of amides is 2. The minimum absolute atomic E-state index is 0.00568.